The average molecular weight is 249 g/mol. The molecule has 0 atom stereocenters. The molecule has 0 saturated heterocycles. The van der Waals surface area contributed by atoms with E-state index in [0.29, 0.717) is 25.3 Å². The summed E-state index contributed by atoms with van der Waals surface area (Å²) in [5.41, 5.74) is 2.45. The molecule has 0 fully saturated rings. The number of carbonyl (C=O) groups excluding carboxylic acids is 1. The third-order valence-electron chi connectivity index (χ3n) is 3.04. The molecule has 0 bridgehead atoms. The Morgan fingerprint density at radius 1 is 1.28 bits per heavy atom. The Balaban J connectivity index is 2.53. The van der Waals surface area contributed by atoms with Crippen LogP contribution in [0.3, 0.4) is 0 Å². The first kappa shape index (κ1) is 14.7. The number of aliphatic hydroxyl groups is 1. The predicted molar refractivity (Wildman–Crippen MR) is 73.3 cm³/mol. The first-order valence-corrected chi connectivity index (χ1v) is 6.48. The van der Waals surface area contributed by atoms with Gasteiger partial charge in [0.05, 0.1) is 0 Å². The summed E-state index contributed by atoms with van der Waals surface area (Å²) < 4.78 is 0. The largest absolute Gasteiger partial charge is 0.396 e. The van der Waals surface area contributed by atoms with Crippen LogP contribution >= 0.6 is 0 Å². The van der Waals surface area contributed by atoms with E-state index in [2.05, 4.69) is 38.1 Å². The lowest BCUT2D eigenvalue weighted by atomic mass is 10.0. The molecule has 1 N–H and O–H groups in total. The molecule has 0 aliphatic carbocycles. The van der Waals surface area contributed by atoms with Crippen molar-refractivity contribution in [2.24, 2.45) is 0 Å². The summed E-state index contributed by atoms with van der Waals surface area (Å²) in [6.45, 7) is 5.03. The topological polar surface area (TPSA) is 40.5 Å². The molecular formula is C15H23NO2. The van der Waals surface area contributed by atoms with Crippen LogP contribution in [0.1, 0.15) is 43.7 Å². The number of aliphatic hydroxyl groups excluding tert-OH is 1. The SMILES string of the molecule is CC(C)c1ccc(CN(C)C(=O)CCCO)cc1. The molecule has 1 amide bonds. The first-order valence-electron chi connectivity index (χ1n) is 6.48. The van der Waals surface area contributed by atoms with E-state index < -0.39 is 0 Å². The summed E-state index contributed by atoms with van der Waals surface area (Å²) in [7, 11) is 1.80. The van der Waals surface area contributed by atoms with Crippen LogP contribution in [0.4, 0.5) is 0 Å². The molecular weight excluding hydrogens is 226 g/mol. The second-order valence-corrected chi connectivity index (χ2v) is 4.97. The number of hydrogen-bond donors (Lipinski definition) is 1. The van der Waals surface area contributed by atoms with Gasteiger partial charge in [-0.05, 0) is 23.5 Å². The Labute approximate surface area is 109 Å². The number of amides is 1. The number of rotatable bonds is 6. The van der Waals surface area contributed by atoms with E-state index in [9.17, 15) is 4.79 Å². The van der Waals surface area contributed by atoms with Crippen LogP contribution in [0.5, 0.6) is 0 Å². The highest BCUT2D eigenvalue weighted by Crippen LogP contribution is 2.15. The van der Waals surface area contributed by atoms with Crippen LogP contribution in [-0.2, 0) is 11.3 Å². The molecule has 0 unspecified atom stereocenters. The maximum atomic E-state index is 11.7. The van der Waals surface area contributed by atoms with Gasteiger partial charge in [-0.1, -0.05) is 38.1 Å². The van der Waals surface area contributed by atoms with E-state index in [0.717, 1.165) is 5.56 Å². The molecule has 3 nitrogen and oxygen atoms in total. The van der Waals surface area contributed by atoms with Crippen molar-refractivity contribution in [3.63, 3.8) is 0 Å². The molecule has 0 saturated carbocycles. The van der Waals surface area contributed by atoms with Crippen molar-refractivity contribution in [3.05, 3.63) is 35.4 Å². The van der Waals surface area contributed by atoms with Crippen molar-refractivity contribution < 1.29 is 9.90 Å². The van der Waals surface area contributed by atoms with Crippen molar-refractivity contribution in [1.82, 2.24) is 4.90 Å². The summed E-state index contributed by atoms with van der Waals surface area (Å²) in [5.74, 6) is 0.611. The monoisotopic (exact) mass is 249 g/mol. The highest BCUT2D eigenvalue weighted by Gasteiger charge is 2.08. The maximum absolute atomic E-state index is 11.7. The number of nitrogens with zero attached hydrogens (tertiary/aromatic N) is 1. The summed E-state index contributed by atoms with van der Waals surface area (Å²) in [5, 5.41) is 8.70. The molecule has 3 heteroatoms. The highest BCUT2D eigenvalue weighted by molar-refractivity contribution is 5.75. The minimum Gasteiger partial charge on any atom is -0.396 e. The van der Waals surface area contributed by atoms with E-state index in [1.807, 2.05) is 0 Å². The lowest BCUT2D eigenvalue weighted by Crippen LogP contribution is -2.26. The molecule has 0 aliphatic heterocycles. The fraction of sp³-hybridized carbons (Fsp3) is 0.533. The van der Waals surface area contributed by atoms with Crippen LogP contribution in [0.15, 0.2) is 24.3 Å². The van der Waals surface area contributed by atoms with Gasteiger partial charge in [0.25, 0.3) is 0 Å². The van der Waals surface area contributed by atoms with E-state index in [4.69, 9.17) is 5.11 Å². The summed E-state index contributed by atoms with van der Waals surface area (Å²) in [6.07, 6.45) is 0.951. The quantitative estimate of drug-likeness (QED) is 0.841. The standard InChI is InChI=1S/C15H23NO2/c1-12(2)14-8-6-13(7-9-14)11-16(3)15(18)5-4-10-17/h6-9,12,17H,4-5,10-11H2,1-3H3. The molecule has 0 aliphatic rings. The second-order valence-electron chi connectivity index (χ2n) is 4.97. The van der Waals surface area contributed by atoms with Gasteiger partial charge in [0.1, 0.15) is 0 Å². The van der Waals surface area contributed by atoms with Gasteiger partial charge in [-0.3, -0.25) is 4.79 Å². The fourth-order valence-corrected chi connectivity index (χ4v) is 1.79. The molecule has 0 spiro atoms. The van der Waals surface area contributed by atoms with Crippen LogP contribution in [-0.4, -0.2) is 29.6 Å². The highest BCUT2D eigenvalue weighted by atomic mass is 16.3. The fourth-order valence-electron chi connectivity index (χ4n) is 1.79. The zero-order valence-corrected chi connectivity index (χ0v) is 11.5. The van der Waals surface area contributed by atoms with Gasteiger partial charge in [0, 0.05) is 26.6 Å². The third kappa shape index (κ3) is 4.49. The van der Waals surface area contributed by atoms with Crippen LogP contribution in [0.25, 0.3) is 0 Å². The lowest BCUT2D eigenvalue weighted by Gasteiger charge is -2.17. The predicted octanol–water partition coefficient (Wildman–Crippen LogP) is 2.54. The van der Waals surface area contributed by atoms with Crippen molar-refractivity contribution in [1.29, 1.82) is 0 Å². The number of hydrogen-bond acceptors (Lipinski definition) is 2. The van der Waals surface area contributed by atoms with E-state index >= 15 is 0 Å². The van der Waals surface area contributed by atoms with Gasteiger partial charge in [-0.25, -0.2) is 0 Å². The van der Waals surface area contributed by atoms with Crippen LogP contribution < -0.4 is 0 Å². The molecule has 0 aromatic heterocycles. The Hall–Kier alpha value is -1.35. The van der Waals surface area contributed by atoms with E-state index in [1.165, 1.54) is 5.56 Å². The summed E-state index contributed by atoms with van der Waals surface area (Å²) in [4.78, 5) is 13.4. The minimum atomic E-state index is 0.0721. The zero-order chi connectivity index (χ0) is 13.5. The average Bonchev–Trinajstić information content (AvgIpc) is 2.36. The minimum absolute atomic E-state index is 0.0721. The smallest absolute Gasteiger partial charge is 0.222 e. The molecule has 18 heavy (non-hydrogen) atoms. The van der Waals surface area contributed by atoms with Crippen molar-refractivity contribution in [3.8, 4) is 0 Å². The third-order valence-corrected chi connectivity index (χ3v) is 3.04. The summed E-state index contributed by atoms with van der Waals surface area (Å²) in [6, 6.07) is 8.38. The van der Waals surface area contributed by atoms with E-state index in [1.54, 1.807) is 11.9 Å². The van der Waals surface area contributed by atoms with Crippen molar-refractivity contribution in [2.45, 2.75) is 39.2 Å². The van der Waals surface area contributed by atoms with Crippen LogP contribution in [0, 0.1) is 0 Å². The second kappa shape index (κ2) is 7.17. The van der Waals surface area contributed by atoms with Gasteiger partial charge in [0.2, 0.25) is 5.91 Å². The van der Waals surface area contributed by atoms with Gasteiger partial charge >= 0.3 is 0 Å². The Kier molecular flexibility index (Phi) is 5.86. The molecule has 0 heterocycles. The normalized spacial score (nSPS) is 10.7. The Bertz CT molecular complexity index is 371. The summed E-state index contributed by atoms with van der Waals surface area (Å²) >= 11 is 0. The molecule has 1 aromatic rings. The zero-order valence-electron chi connectivity index (χ0n) is 11.5. The van der Waals surface area contributed by atoms with Gasteiger partial charge in [-0.15, -0.1) is 0 Å². The first-order chi connectivity index (χ1) is 8.54. The number of carbonyl (C=O) groups is 1. The molecule has 100 valence electrons. The van der Waals surface area contributed by atoms with Gasteiger partial charge in [0.15, 0.2) is 0 Å². The lowest BCUT2D eigenvalue weighted by molar-refractivity contribution is -0.130. The maximum Gasteiger partial charge on any atom is 0.222 e. The molecule has 1 aromatic carbocycles. The van der Waals surface area contributed by atoms with Crippen molar-refractivity contribution in [2.75, 3.05) is 13.7 Å². The van der Waals surface area contributed by atoms with Gasteiger partial charge in [-0.2, -0.15) is 0 Å². The molecule has 1 rings (SSSR count). The number of benzene rings is 1. The molecule has 0 radical (unpaired) electrons. The van der Waals surface area contributed by atoms with Gasteiger partial charge < -0.3 is 10.0 Å². The van der Waals surface area contributed by atoms with Crippen molar-refractivity contribution >= 4 is 5.91 Å². The van der Waals surface area contributed by atoms with E-state index in [-0.39, 0.29) is 12.5 Å². The Morgan fingerprint density at radius 3 is 2.39 bits per heavy atom. The Morgan fingerprint density at radius 2 is 1.89 bits per heavy atom. The van der Waals surface area contributed by atoms with Crippen LogP contribution in [0.2, 0.25) is 0 Å².